The molecule has 1 aliphatic rings. The van der Waals surface area contributed by atoms with Crippen LogP contribution in [0.25, 0.3) is 11.4 Å². The highest BCUT2D eigenvalue weighted by Gasteiger charge is 2.34. The first-order valence-corrected chi connectivity index (χ1v) is 6.82. The van der Waals surface area contributed by atoms with Crippen LogP contribution in [0.15, 0.2) is 29.5 Å². The third-order valence-electron chi connectivity index (χ3n) is 3.93. The number of nitrogens with zero attached hydrogens (tertiary/aromatic N) is 4. The van der Waals surface area contributed by atoms with Crippen LogP contribution < -0.4 is 11.3 Å². The van der Waals surface area contributed by atoms with Crippen LogP contribution in [0.3, 0.4) is 0 Å². The van der Waals surface area contributed by atoms with Gasteiger partial charge in [0.2, 0.25) is 0 Å². The zero-order valence-electron chi connectivity index (χ0n) is 11.4. The molecule has 2 N–H and O–H groups in total. The molecule has 20 heavy (non-hydrogen) atoms. The SMILES string of the molecule is CCC1(N)CCCn2c1nc(-c1ccncn1)cc2=O. The molecule has 0 fully saturated rings. The average molecular weight is 271 g/mol. The number of hydrogen-bond donors (Lipinski definition) is 1. The second-order valence-electron chi connectivity index (χ2n) is 5.16. The number of aromatic nitrogens is 4. The van der Waals surface area contributed by atoms with Crippen LogP contribution in [0.1, 0.15) is 32.0 Å². The van der Waals surface area contributed by atoms with Crippen LogP contribution in [-0.4, -0.2) is 19.5 Å². The Labute approximate surface area is 116 Å². The Morgan fingerprint density at radius 1 is 1.45 bits per heavy atom. The molecule has 1 atom stereocenters. The lowest BCUT2D eigenvalue weighted by molar-refractivity contribution is 0.289. The fraction of sp³-hybridized carbons (Fsp3) is 0.429. The first kappa shape index (κ1) is 12.9. The Hall–Kier alpha value is -2.08. The first-order chi connectivity index (χ1) is 9.64. The number of hydrogen-bond acceptors (Lipinski definition) is 5. The van der Waals surface area contributed by atoms with Gasteiger partial charge in [0.25, 0.3) is 5.56 Å². The smallest absolute Gasteiger partial charge is 0.254 e. The van der Waals surface area contributed by atoms with Gasteiger partial charge in [-0.1, -0.05) is 6.92 Å². The summed E-state index contributed by atoms with van der Waals surface area (Å²) in [6, 6.07) is 3.26. The molecule has 0 saturated carbocycles. The lowest BCUT2D eigenvalue weighted by atomic mass is 9.87. The molecule has 2 aromatic rings. The Balaban J connectivity index is 2.20. The molecule has 1 unspecified atom stereocenters. The molecule has 2 aromatic heterocycles. The molecular weight excluding hydrogens is 254 g/mol. The van der Waals surface area contributed by atoms with Gasteiger partial charge in [-0.15, -0.1) is 0 Å². The summed E-state index contributed by atoms with van der Waals surface area (Å²) in [7, 11) is 0. The maximum atomic E-state index is 12.3. The van der Waals surface area contributed by atoms with Gasteiger partial charge in [0.15, 0.2) is 0 Å². The first-order valence-electron chi connectivity index (χ1n) is 6.82. The van der Waals surface area contributed by atoms with Crippen LogP contribution in [0.4, 0.5) is 0 Å². The maximum absolute atomic E-state index is 12.3. The van der Waals surface area contributed by atoms with E-state index in [-0.39, 0.29) is 5.56 Å². The van der Waals surface area contributed by atoms with E-state index in [2.05, 4.69) is 15.0 Å². The van der Waals surface area contributed by atoms with Gasteiger partial charge in [0, 0.05) is 18.8 Å². The van der Waals surface area contributed by atoms with E-state index >= 15 is 0 Å². The molecule has 3 rings (SSSR count). The van der Waals surface area contributed by atoms with Crippen molar-refractivity contribution in [3.8, 4) is 11.4 Å². The van der Waals surface area contributed by atoms with Crippen molar-refractivity contribution in [2.45, 2.75) is 38.3 Å². The number of fused-ring (bicyclic) bond motifs is 1. The van der Waals surface area contributed by atoms with Gasteiger partial charge >= 0.3 is 0 Å². The third-order valence-corrected chi connectivity index (χ3v) is 3.93. The van der Waals surface area contributed by atoms with Crippen molar-refractivity contribution in [2.24, 2.45) is 5.73 Å². The van der Waals surface area contributed by atoms with Crippen molar-refractivity contribution in [1.82, 2.24) is 19.5 Å². The van der Waals surface area contributed by atoms with Crippen LogP contribution in [0, 0.1) is 0 Å². The quantitative estimate of drug-likeness (QED) is 0.882. The van der Waals surface area contributed by atoms with E-state index in [1.807, 2.05) is 6.92 Å². The monoisotopic (exact) mass is 271 g/mol. The van der Waals surface area contributed by atoms with E-state index < -0.39 is 5.54 Å². The average Bonchev–Trinajstić information content (AvgIpc) is 2.49. The normalized spacial score (nSPS) is 21.5. The minimum atomic E-state index is -0.527. The molecule has 104 valence electrons. The van der Waals surface area contributed by atoms with Gasteiger partial charge in [-0.3, -0.25) is 9.36 Å². The Morgan fingerprint density at radius 2 is 2.30 bits per heavy atom. The molecule has 3 heterocycles. The molecule has 6 nitrogen and oxygen atoms in total. The van der Waals surface area contributed by atoms with Gasteiger partial charge in [0.1, 0.15) is 12.2 Å². The van der Waals surface area contributed by atoms with E-state index in [1.54, 1.807) is 16.8 Å². The summed E-state index contributed by atoms with van der Waals surface area (Å²) in [6.07, 6.45) is 5.60. The summed E-state index contributed by atoms with van der Waals surface area (Å²) in [4.78, 5) is 24.9. The van der Waals surface area contributed by atoms with Crippen molar-refractivity contribution in [2.75, 3.05) is 0 Å². The summed E-state index contributed by atoms with van der Waals surface area (Å²) in [5, 5.41) is 0. The zero-order valence-corrected chi connectivity index (χ0v) is 11.4. The van der Waals surface area contributed by atoms with Crippen molar-refractivity contribution in [3.05, 3.63) is 40.8 Å². The summed E-state index contributed by atoms with van der Waals surface area (Å²) in [5.74, 6) is 0.673. The summed E-state index contributed by atoms with van der Waals surface area (Å²) in [5.41, 5.74) is 7.05. The summed E-state index contributed by atoms with van der Waals surface area (Å²) >= 11 is 0. The summed E-state index contributed by atoms with van der Waals surface area (Å²) < 4.78 is 1.69. The molecular formula is C14H17N5O. The Morgan fingerprint density at radius 3 is 3.00 bits per heavy atom. The van der Waals surface area contributed by atoms with Crippen LogP contribution in [0.2, 0.25) is 0 Å². The highest BCUT2D eigenvalue weighted by molar-refractivity contribution is 5.52. The van der Waals surface area contributed by atoms with Crippen molar-refractivity contribution in [3.63, 3.8) is 0 Å². The van der Waals surface area contributed by atoms with E-state index in [0.717, 1.165) is 19.3 Å². The molecule has 0 saturated heterocycles. The van der Waals surface area contributed by atoms with Crippen molar-refractivity contribution < 1.29 is 0 Å². The highest BCUT2D eigenvalue weighted by Crippen LogP contribution is 2.30. The van der Waals surface area contributed by atoms with Crippen LogP contribution in [0.5, 0.6) is 0 Å². The van der Waals surface area contributed by atoms with Gasteiger partial charge in [0.05, 0.1) is 16.9 Å². The number of rotatable bonds is 2. The van der Waals surface area contributed by atoms with Crippen molar-refractivity contribution >= 4 is 0 Å². The fourth-order valence-electron chi connectivity index (χ4n) is 2.67. The minimum Gasteiger partial charge on any atom is -0.319 e. The number of nitrogens with two attached hydrogens (primary N) is 1. The second kappa shape index (κ2) is 4.79. The van der Waals surface area contributed by atoms with Crippen LogP contribution >= 0.6 is 0 Å². The predicted molar refractivity (Wildman–Crippen MR) is 74.9 cm³/mol. The van der Waals surface area contributed by atoms with E-state index in [0.29, 0.717) is 23.8 Å². The summed E-state index contributed by atoms with van der Waals surface area (Å²) in [6.45, 7) is 2.71. The zero-order chi connectivity index (χ0) is 14.2. The molecule has 6 heteroatoms. The minimum absolute atomic E-state index is 0.0633. The standard InChI is InChI=1S/C14H17N5O/c1-2-14(15)5-3-7-19-12(20)8-11(18-13(14)19)10-4-6-16-9-17-10/h4,6,8-9H,2-3,5,7,15H2,1H3. The largest absolute Gasteiger partial charge is 0.319 e. The predicted octanol–water partition coefficient (Wildman–Crippen LogP) is 1.06. The Bertz CT molecular complexity index is 682. The van der Waals surface area contributed by atoms with Crippen LogP contribution in [-0.2, 0) is 12.1 Å². The molecule has 0 bridgehead atoms. The Kier molecular flexibility index (Phi) is 3.10. The van der Waals surface area contributed by atoms with Gasteiger partial charge in [-0.2, -0.15) is 0 Å². The molecule has 0 spiro atoms. The molecule has 0 radical (unpaired) electrons. The lowest BCUT2D eigenvalue weighted by Gasteiger charge is -2.34. The topological polar surface area (TPSA) is 86.7 Å². The fourth-order valence-corrected chi connectivity index (χ4v) is 2.67. The molecule has 0 aliphatic carbocycles. The second-order valence-corrected chi connectivity index (χ2v) is 5.16. The molecule has 0 aromatic carbocycles. The van der Waals surface area contributed by atoms with Gasteiger partial charge in [-0.05, 0) is 25.3 Å². The van der Waals surface area contributed by atoms with E-state index in [9.17, 15) is 4.79 Å². The molecule has 0 amide bonds. The maximum Gasteiger partial charge on any atom is 0.254 e. The van der Waals surface area contributed by atoms with E-state index in [4.69, 9.17) is 5.73 Å². The van der Waals surface area contributed by atoms with Gasteiger partial charge < -0.3 is 5.73 Å². The van der Waals surface area contributed by atoms with Crippen molar-refractivity contribution in [1.29, 1.82) is 0 Å². The highest BCUT2D eigenvalue weighted by atomic mass is 16.1. The van der Waals surface area contributed by atoms with E-state index in [1.165, 1.54) is 12.4 Å². The molecule has 1 aliphatic heterocycles. The van der Waals surface area contributed by atoms with Gasteiger partial charge in [-0.25, -0.2) is 15.0 Å². The third kappa shape index (κ3) is 2.02. The lowest BCUT2D eigenvalue weighted by Crippen LogP contribution is -2.46.